The molecule has 114 valence electrons. The van der Waals surface area contributed by atoms with Crippen LogP contribution in [-0.4, -0.2) is 38.8 Å². The molecular formula is C16H18N4O2. The van der Waals surface area contributed by atoms with Gasteiger partial charge in [0, 0.05) is 30.4 Å². The van der Waals surface area contributed by atoms with E-state index in [1.165, 1.54) is 0 Å². The average molecular weight is 298 g/mol. The summed E-state index contributed by atoms with van der Waals surface area (Å²) in [5, 5.41) is 3.90. The van der Waals surface area contributed by atoms with Crippen LogP contribution in [0.2, 0.25) is 0 Å². The van der Waals surface area contributed by atoms with Crippen molar-refractivity contribution in [2.75, 3.05) is 0 Å². The van der Waals surface area contributed by atoms with E-state index in [4.69, 9.17) is 0 Å². The summed E-state index contributed by atoms with van der Waals surface area (Å²) in [6, 6.07) is 1.81. The van der Waals surface area contributed by atoms with E-state index in [2.05, 4.69) is 15.3 Å². The van der Waals surface area contributed by atoms with Crippen LogP contribution >= 0.6 is 0 Å². The van der Waals surface area contributed by atoms with Crippen LogP contribution in [0.4, 0.5) is 0 Å². The van der Waals surface area contributed by atoms with Gasteiger partial charge in [-0.15, -0.1) is 0 Å². The Hall–Kier alpha value is -2.37. The van der Waals surface area contributed by atoms with Gasteiger partial charge in [-0.25, -0.2) is 4.98 Å². The number of carbonyl (C=O) groups is 2. The molecule has 6 heteroatoms. The number of rotatable bonds is 4. The standard InChI is InChI=1S/C16H18N4O2/c1-2-12(15(21)19-10-3-4-10)20-8-9-5-6-17-14-13(9)11(7-18-14)16(20)22/h5-7,10,12H,2-4,8H2,1H3,(H,17,18)(H,19,21)/t12-/m1/s1. The van der Waals surface area contributed by atoms with Gasteiger partial charge in [-0.2, -0.15) is 0 Å². The summed E-state index contributed by atoms with van der Waals surface area (Å²) in [7, 11) is 0. The van der Waals surface area contributed by atoms with Gasteiger partial charge in [-0.1, -0.05) is 6.92 Å². The molecule has 4 rings (SSSR count). The fraction of sp³-hybridized carbons (Fsp3) is 0.438. The molecule has 2 aromatic heterocycles. The van der Waals surface area contributed by atoms with E-state index in [0.717, 1.165) is 29.4 Å². The zero-order valence-corrected chi connectivity index (χ0v) is 12.4. The van der Waals surface area contributed by atoms with E-state index in [1.807, 2.05) is 13.0 Å². The van der Waals surface area contributed by atoms with E-state index in [-0.39, 0.29) is 11.8 Å². The molecule has 0 unspecified atom stereocenters. The summed E-state index contributed by atoms with van der Waals surface area (Å²) in [5.41, 5.74) is 2.39. The Bertz CT molecular complexity index is 763. The first-order valence-electron chi connectivity index (χ1n) is 7.75. The molecule has 0 aromatic carbocycles. The number of aromatic nitrogens is 2. The molecule has 3 heterocycles. The molecule has 1 saturated carbocycles. The minimum atomic E-state index is -0.417. The molecule has 2 amide bonds. The van der Waals surface area contributed by atoms with E-state index in [9.17, 15) is 9.59 Å². The Labute approximate surface area is 127 Å². The van der Waals surface area contributed by atoms with Crippen LogP contribution in [0.5, 0.6) is 0 Å². The highest BCUT2D eigenvalue weighted by Gasteiger charge is 2.36. The minimum Gasteiger partial charge on any atom is -0.352 e. The fourth-order valence-electron chi connectivity index (χ4n) is 3.16. The lowest BCUT2D eigenvalue weighted by molar-refractivity contribution is -0.126. The second kappa shape index (κ2) is 4.83. The number of amides is 2. The summed E-state index contributed by atoms with van der Waals surface area (Å²) in [4.78, 5) is 34.2. The van der Waals surface area contributed by atoms with Crippen molar-refractivity contribution >= 4 is 22.8 Å². The number of hydrogen-bond donors (Lipinski definition) is 2. The van der Waals surface area contributed by atoms with Crippen LogP contribution in [0, 0.1) is 0 Å². The Morgan fingerprint density at radius 2 is 2.36 bits per heavy atom. The highest BCUT2D eigenvalue weighted by molar-refractivity contribution is 6.10. The molecule has 0 saturated heterocycles. The lowest BCUT2D eigenvalue weighted by atomic mass is 10.00. The fourth-order valence-corrected chi connectivity index (χ4v) is 3.16. The number of aromatic amines is 1. The van der Waals surface area contributed by atoms with Crippen molar-refractivity contribution in [2.24, 2.45) is 0 Å². The van der Waals surface area contributed by atoms with Crippen molar-refractivity contribution in [3.8, 4) is 0 Å². The molecule has 22 heavy (non-hydrogen) atoms. The normalized spacial score (nSPS) is 18.6. The van der Waals surface area contributed by atoms with Gasteiger partial charge >= 0.3 is 0 Å². The third kappa shape index (κ3) is 1.98. The summed E-state index contributed by atoms with van der Waals surface area (Å²) in [5.74, 6) is -0.132. The zero-order chi connectivity index (χ0) is 15.3. The monoisotopic (exact) mass is 298 g/mol. The van der Waals surface area contributed by atoms with Crippen LogP contribution < -0.4 is 5.32 Å². The first-order valence-corrected chi connectivity index (χ1v) is 7.75. The SMILES string of the molecule is CC[C@H](C(=O)NC1CC1)N1Cc2ccnc3[nH]cc(c23)C1=O. The Morgan fingerprint density at radius 1 is 1.55 bits per heavy atom. The Balaban J connectivity index is 1.68. The lowest BCUT2D eigenvalue weighted by Gasteiger charge is -2.33. The molecule has 1 aliphatic carbocycles. The molecule has 2 N–H and O–H groups in total. The Kier molecular flexibility index (Phi) is 2.92. The highest BCUT2D eigenvalue weighted by atomic mass is 16.2. The lowest BCUT2D eigenvalue weighted by Crippen LogP contribution is -2.50. The third-order valence-electron chi connectivity index (χ3n) is 4.48. The molecule has 2 aliphatic rings. The maximum Gasteiger partial charge on any atom is 0.257 e. The molecule has 0 radical (unpaired) electrons. The summed E-state index contributed by atoms with van der Waals surface area (Å²) in [6.45, 7) is 2.40. The molecule has 1 fully saturated rings. The van der Waals surface area contributed by atoms with Crippen molar-refractivity contribution in [2.45, 2.75) is 44.8 Å². The van der Waals surface area contributed by atoms with Gasteiger partial charge in [-0.3, -0.25) is 9.59 Å². The number of H-pyrrole nitrogens is 1. The van der Waals surface area contributed by atoms with Crippen LogP contribution in [0.3, 0.4) is 0 Å². The smallest absolute Gasteiger partial charge is 0.257 e. The number of carbonyl (C=O) groups excluding carboxylic acids is 2. The first-order chi connectivity index (χ1) is 10.7. The van der Waals surface area contributed by atoms with Crippen molar-refractivity contribution < 1.29 is 9.59 Å². The first kappa shape index (κ1) is 13.3. The number of nitrogens with zero attached hydrogens (tertiary/aromatic N) is 2. The molecule has 6 nitrogen and oxygen atoms in total. The summed E-state index contributed by atoms with van der Waals surface area (Å²) >= 11 is 0. The van der Waals surface area contributed by atoms with Crippen LogP contribution in [-0.2, 0) is 11.3 Å². The van der Waals surface area contributed by atoms with Crippen molar-refractivity contribution in [1.29, 1.82) is 0 Å². The van der Waals surface area contributed by atoms with E-state index < -0.39 is 6.04 Å². The molecule has 0 bridgehead atoms. The quantitative estimate of drug-likeness (QED) is 0.899. The molecular weight excluding hydrogens is 280 g/mol. The highest BCUT2D eigenvalue weighted by Crippen LogP contribution is 2.30. The van der Waals surface area contributed by atoms with Crippen molar-refractivity contribution in [3.05, 3.63) is 29.6 Å². The summed E-state index contributed by atoms with van der Waals surface area (Å²) in [6.07, 6.45) is 6.13. The molecule has 1 aliphatic heterocycles. The average Bonchev–Trinajstić information content (AvgIpc) is 3.21. The number of hydrogen-bond acceptors (Lipinski definition) is 3. The molecule has 0 spiro atoms. The van der Waals surface area contributed by atoms with Gasteiger partial charge in [0.1, 0.15) is 11.7 Å². The predicted molar refractivity (Wildman–Crippen MR) is 81.2 cm³/mol. The largest absolute Gasteiger partial charge is 0.352 e. The minimum absolute atomic E-state index is 0.0392. The van der Waals surface area contributed by atoms with Crippen LogP contribution in [0.25, 0.3) is 11.0 Å². The maximum absolute atomic E-state index is 12.8. The van der Waals surface area contributed by atoms with Crippen molar-refractivity contribution in [3.63, 3.8) is 0 Å². The molecule has 2 aromatic rings. The van der Waals surface area contributed by atoms with Gasteiger partial charge < -0.3 is 15.2 Å². The maximum atomic E-state index is 12.8. The van der Waals surface area contributed by atoms with Crippen LogP contribution in [0.15, 0.2) is 18.5 Å². The third-order valence-corrected chi connectivity index (χ3v) is 4.48. The zero-order valence-electron chi connectivity index (χ0n) is 12.4. The number of nitrogens with one attached hydrogen (secondary N) is 2. The summed E-state index contributed by atoms with van der Waals surface area (Å²) < 4.78 is 0. The van der Waals surface area contributed by atoms with Crippen LogP contribution in [0.1, 0.15) is 42.1 Å². The van der Waals surface area contributed by atoms with Gasteiger partial charge in [0.15, 0.2) is 0 Å². The topological polar surface area (TPSA) is 78.1 Å². The Morgan fingerprint density at radius 3 is 3.09 bits per heavy atom. The second-order valence-electron chi connectivity index (χ2n) is 6.04. The molecule has 1 atom stereocenters. The van der Waals surface area contributed by atoms with Gasteiger partial charge in [0.05, 0.1) is 5.56 Å². The predicted octanol–water partition coefficient (Wildman–Crippen LogP) is 1.58. The number of pyridine rings is 1. The van der Waals surface area contributed by atoms with E-state index in [1.54, 1.807) is 17.3 Å². The van der Waals surface area contributed by atoms with E-state index >= 15 is 0 Å². The van der Waals surface area contributed by atoms with Crippen molar-refractivity contribution in [1.82, 2.24) is 20.2 Å². The van der Waals surface area contributed by atoms with E-state index in [0.29, 0.717) is 24.6 Å². The second-order valence-corrected chi connectivity index (χ2v) is 6.04. The van der Waals surface area contributed by atoms with Gasteiger partial charge in [-0.05, 0) is 30.9 Å². The van der Waals surface area contributed by atoms with Gasteiger partial charge in [0.25, 0.3) is 5.91 Å². The van der Waals surface area contributed by atoms with Gasteiger partial charge in [0.2, 0.25) is 5.91 Å².